The van der Waals surface area contributed by atoms with Gasteiger partial charge in [0, 0.05) is 17.7 Å². The summed E-state index contributed by atoms with van der Waals surface area (Å²) in [7, 11) is 0. The highest BCUT2D eigenvalue weighted by Gasteiger charge is 2.10. The monoisotopic (exact) mass is 308 g/mol. The molecule has 0 aliphatic carbocycles. The molecule has 1 aromatic heterocycles. The molecular formula is C18H16N2O3. The SMILES string of the molecule is CCC(=O)Nc1ccc(-c2nc3c(C)cccc3c(=O)o2)cc1. The molecule has 5 nitrogen and oxygen atoms in total. The van der Waals surface area contributed by atoms with E-state index < -0.39 is 5.63 Å². The maximum absolute atomic E-state index is 12.1. The number of hydrogen-bond acceptors (Lipinski definition) is 4. The van der Waals surface area contributed by atoms with Crippen molar-refractivity contribution in [1.82, 2.24) is 4.98 Å². The van der Waals surface area contributed by atoms with Gasteiger partial charge in [-0.1, -0.05) is 19.1 Å². The van der Waals surface area contributed by atoms with Gasteiger partial charge in [-0.3, -0.25) is 4.79 Å². The van der Waals surface area contributed by atoms with Crippen LogP contribution in [0, 0.1) is 6.92 Å². The molecule has 0 aliphatic heterocycles. The number of aryl methyl sites for hydroxylation is 1. The van der Waals surface area contributed by atoms with E-state index in [-0.39, 0.29) is 11.8 Å². The second-order valence-electron chi connectivity index (χ2n) is 5.26. The molecule has 3 rings (SSSR count). The quantitative estimate of drug-likeness (QED) is 0.803. The molecule has 3 aromatic rings. The van der Waals surface area contributed by atoms with Gasteiger partial charge in [0.15, 0.2) is 0 Å². The molecule has 0 radical (unpaired) electrons. The van der Waals surface area contributed by atoms with Crippen molar-refractivity contribution in [3.63, 3.8) is 0 Å². The van der Waals surface area contributed by atoms with Crippen molar-refractivity contribution in [2.45, 2.75) is 20.3 Å². The van der Waals surface area contributed by atoms with E-state index in [9.17, 15) is 9.59 Å². The Morgan fingerprint density at radius 2 is 1.91 bits per heavy atom. The number of nitrogens with zero attached hydrogens (tertiary/aromatic N) is 1. The Kier molecular flexibility index (Phi) is 3.93. The predicted octanol–water partition coefficient (Wildman–Crippen LogP) is 3.51. The van der Waals surface area contributed by atoms with Crippen molar-refractivity contribution in [3.05, 3.63) is 58.4 Å². The van der Waals surface area contributed by atoms with Crippen LogP contribution in [0.4, 0.5) is 5.69 Å². The molecule has 5 heteroatoms. The summed E-state index contributed by atoms with van der Waals surface area (Å²) in [4.78, 5) is 28.0. The summed E-state index contributed by atoms with van der Waals surface area (Å²) in [6, 6.07) is 12.5. The highest BCUT2D eigenvalue weighted by molar-refractivity contribution is 5.90. The molecule has 23 heavy (non-hydrogen) atoms. The molecule has 0 bridgehead atoms. The Morgan fingerprint density at radius 1 is 1.17 bits per heavy atom. The number of benzene rings is 2. The van der Waals surface area contributed by atoms with Crippen molar-refractivity contribution < 1.29 is 9.21 Å². The first-order valence-electron chi connectivity index (χ1n) is 7.39. The lowest BCUT2D eigenvalue weighted by Gasteiger charge is -2.06. The average molecular weight is 308 g/mol. The Hall–Kier alpha value is -2.95. The zero-order chi connectivity index (χ0) is 16.4. The van der Waals surface area contributed by atoms with Crippen molar-refractivity contribution >= 4 is 22.5 Å². The lowest BCUT2D eigenvalue weighted by Crippen LogP contribution is -2.09. The molecular weight excluding hydrogens is 292 g/mol. The predicted molar refractivity (Wildman–Crippen MR) is 89.4 cm³/mol. The van der Waals surface area contributed by atoms with Crippen molar-refractivity contribution in [2.75, 3.05) is 5.32 Å². The number of amides is 1. The van der Waals surface area contributed by atoms with Crippen LogP contribution in [0.25, 0.3) is 22.4 Å². The lowest BCUT2D eigenvalue weighted by atomic mass is 10.1. The molecule has 0 atom stereocenters. The fourth-order valence-electron chi connectivity index (χ4n) is 2.31. The highest BCUT2D eigenvalue weighted by Crippen LogP contribution is 2.22. The molecule has 0 saturated carbocycles. The summed E-state index contributed by atoms with van der Waals surface area (Å²) in [6.45, 7) is 3.70. The van der Waals surface area contributed by atoms with Gasteiger partial charge >= 0.3 is 5.63 Å². The van der Waals surface area contributed by atoms with Gasteiger partial charge in [0.1, 0.15) is 0 Å². The number of aromatic nitrogens is 1. The minimum atomic E-state index is -0.405. The second kappa shape index (κ2) is 6.04. The number of para-hydroxylation sites is 1. The molecule has 0 saturated heterocycles. The third-order valence-electron chi connectivity index (χ3n) is 3.60. The zero-order valence-electron chi connectivity index (χ0n) is 12.9. The first-order valence-corrected chi connectivity index (χ1v) is 7.39. The van der Waals surface area contributed by atoms with E-state index >= 15 is 0 Å². The Bertz CT molecular complexity index is 927. The number of hydrogen-bond donors (Lipinski definition) is 1. The molecule has 0 fully saturated rings. The molecule has 0 spiro atoms. The lowest BCUT2D eigenvalue weighted by molar-refractivity contribution is -0.115. The molecule has 116 valence electrons. The van der Waals surface area contributed by atoms with Gasteiger partial charge < -0.3 is 9.73 Å². The van der Waals surface area contributed by atoms with Crippen LogP contribution in [0.1, 0.15) is 18.9 Å². The third kappa shape index (κ3) is 2.99. The van der Waals surface area contributed by atoms with Crippen molar-refractivity contribution in [3.8, 4) is 11.5 Å². The summed E-state index contributed by atoms with van der Waals surface area (Å²) >= 11 is 0. The van der Waals surface area contributed by atoms with E-state index in [2.05, 4.69) is 10.3 Å². The van der Waals surface area contributed by atoms with E-state index in [0.717, 1.165) is 5.56 Å². The zero-order valence-corrected chi connectivity index (χ0v) is 12.9. The van der Waals surface area contributed by atoms with E-state index in [4.69, 9.17) is 4.42 Å². The van der Waals surface area contributed by atoms with Crippen LogP contribution in [0.2, 0.25) is 0 Å². The molecule has 1 amide bonds. The number of rotatable bonds is 3. The van der Waals surface area contributed by atoms with E-state index in [0.29, 0.717) is 28.6 Å². The summed E-state index contributed by atoms with van der Waals surface area (Å²) in [5.41, 5.74) is 2.53. The van der Waals surface area contributed by atoms with Crippen LogP contribution in [0.5, 0.6) is 0 Å². The normalized spacial score (nSPS) is 10.7. The van der Waals surface area contributed by atoms with Crippen LogP contribution >= 0.6 is 0 Å². The third-order valence-corrected chi connectivity index (χ3v) is 3.60. The summed E-state index contributed by atoms with van der Waals surface area (Å²) in [5.74, 6) is 0.217. The van der Waals surface area contributed by atoms with Crippen LogP contribution < -0.4 is 10.9 Å². The molecule has 0 aliphatic rings. The topological polar surface area (TPSA) is 72.2 Å². The van der Waals surface area contributed by atoms with Gasteiger partial charge in [0.2, 0.25) is 11.8 Å². The first kappa shape index (κ1) is 15.0. The van der Waals surface area contributed by atoms with Crippen LogP contribution in [0.15, 0.2) is 51.7 Å². The Balaban J connectivity index is 2.02. The summed E-state index contributed by atoms with van der Waals surface area (Å²) in [6.07, 6.45) is 0.419. The molecule has 2 aromatic carbocycles. The van der Waals surface area contributed by atoms with Crippen LogP contribution in [-0.2, 0) is 4.79 Å². The second-order valence-corrected chi connectivity index (χ2v) is 5.26. The van der Waals surface area contributed by atoms with E-state index in [1.54, 1.807) is 43.3 Å². The van der Waals surface area contributed by atoms with E-state index in [1.807, 2.05) is 13.0 Å². The van der Waals surface area contributed by atoms with Crippen LogP contribution in [-0.4, -0.2) is 10.9 Å². The number of carbonyl (C=O) groups excluding carboxylic acids is 1. The fraction of sp³-hybridized carbons (Fsp3) is 0.167. The van der Waals surface area contributed by atoms with Gasteiger partial charge in [0.25, 0.3) is 0 Å². The number of carbonyl (C=O) groups is 1. The minimum absolute atomic E-state index is 0.0521. The van der Waals surface area contributed by atoms with Crippen molar-refractivity contribution in [2.24, 2.45) is 0 Å². The molecule has 1 heterocycles. The number of anilines is 1. The fourth-order valence-corrected chi connectivity index (χ4v) is 2.31. The van der Waals surface area contributed by atoms with E-state index in [1.165, 1.54) is 0 Å². The standard InChI is InChI=1S/C18H16N2O3/c1-3-15(21)19-13-9-7-12(8-10-13)17-20-16-11(2)5-4-6-14(16)18(22)23-17/h4-10H,3H2,1-2H3,(H,19,21). The van der Waals surface area contributed by atoms with Gasteiger partial charge in [-0.2, -0.15) is 0 Å². The summed E-state index contributed by atoms with van der Waals surface area (Å²) in [5, 5.41) is 3.24. The molecule has 1 N–H and O–H groups in total. The Morgan fingerprint density at radius 3 is 2.61 bits per heavy atom. The molecule has 0 unspecified atom stereocenters. The number of fused-ring (bicyclic) bond motifs is 1. The van der Waals surface area contributed by atoms with Gasteiger partial charge in [-0.05, 0) is 42.8 Å². The van der Waals surface area contributed by atoms with Crippen molar-refractivity contribution in [1.29, 1.82) is 0 Å². The van der Waals surface area contributed by atoms with Crippen LogP contribution in [0.3, 0.4) is 0 Å². The maximum atomic E-state index is 12.1. The van der Waals surface area contributed by atoms with Gasteiger partial charge in [-0.25, -0.2) is 9.78 Å². The smallest absolute Gasteiger partial charge is 0.347 e. The first-order chi connectivity index (χ1) is 11.1. The largest absolute Gasteiger partial charge is 0.403 e. The summed E-state index contributed by atoms with van der Waals surface area (Å²) < 4.78 is 5.32. The maximum Gasteiger partial charge on any atom is 0.347 e. The number of nitrogens with one attached hydrogen (secondary N) is 1. The van der Waals surface area contributed by atoms with Gasteiger partial charge in [0.05, 0.1) is 10.9 Å². The minimum Gasteiger partial charge on any atom is -0.403 e. The van der Waals surface area contributed by atoms with Gasteiger partial charge in [-0.15, -0.1) is 0 Å². The average Bonchev–Trinajstić information content (AvgIpc) is 2.56. The highest BCUT2D eigenvalue weighted by atomic mass is 16.4. The Labute approximate surface area is 133 Å².